The molecule has 0 radical (unpaired) electrons. The minimum atomic E-state index is -0.671. The Labute approximate surface area is 684 Å². The summed E-state index contributed by atoms with van der Waals surface area (Å²) in [5.41, 5.74) is 35.9. The van der Waals surface area contributed by atoms with E-state index >= 15 is 0 Å². The summed E-state index contributed by atoms with van der Waals surface area (Å²) in [6, 6.07) is 152. The van der Waals surface area contributed by atoms with E-state index in [-0.39, 0.29) is 0 Å². The molecule has 6 heteroatoms. The van der Waals surface area contributed by atoms with Gasteiger partial charge in [-0.25, -0.2) is 19.9 Å². The van der Waals surface area contributed by atoms with Gasteiger partial charge < -0.3 is 9.47 Å². The summed E-state index contributed by atoms with van der Waals surface area (Å²) in [4.78, 5) is 21.1. The van der Waals surface area contributed by atoms with Gasteiger partial charge in [-0.2, -0.15) is 0 Å². The lowest BCUT2D eigenvalue weighted by molar-refractivity contribution is 0.436. The minimum absolute atomic E-state index is 0.559. The average molecular weight is 1500 g/mol. The van der Waals surface area contributed by atoms with Gasteiger partial charge in [0.05, 0.1) is 33.6 Å². The first-order valence-corrected chi connectivity index (χ1v) is 40.3. The summed E-state index contributed by atoms with van der Waals surface area (Å²) in [7, 11) is 0. The van der Waals surface area contributed by atoms with Crippen LogP contribution in [0.2, 0.25) is 0 Å². The lowest BCUT2D eigenvalue weighted by Gasteiger charge is -2.40. The van der Waals surface area contributed by atoms with Gasteiger partial charge in [-0.05, 0) is 166 Å². The predicted molar refractivity (Wildman–Crippen MR) is 478 cm³/mol. The standard InChI is InChI=1S/C112H70N4O2/c1-4-21-71(22-5-1)73-49-57-83(58-50-73)110-114-101(69-102(115-110)80-53-45-76(46-54-80)85-60-63-106-99(66-85)111(97-37-18-19-38-105(97)117-106)93-33-14-10-29-89(93)90-30-11-15-34-94(90)111)79-51-43-75(44-52-79)74-39-41-78(42-40-74)87-59-62-98-108(68-87)118-107-64-61-86(67-100(107)112(98)95-35-16-12-31-91(95)92-32-13-17-36-96(92)112)77-47-55-81(56-48-77)103-70-104(116-109(113-103)82-25-8-3-9-26-82)88-28-20-27-84(65-88)72-23-6-2-7-24-72/h1-70H. The van der Waals surface area contributed by atoms with Crippen molar-refractivity contribution in [2.24, 2.45) is 0 Å². The molecule has 0 unspecified atom stereocenters. The average Bonchev–Trinajstić information content (AvgIpc) is 1.50. The molecular weight excluding hydrogens is 1430 g/mol. The first-order chi connectivity index (χ1) is 58.4. The van der Waals surface area contributed by atoms with Crippen molar-refractivity contribution in [3.63, 3.8) is 0 Å². The second-order valence-corrected chi connectivity index (χ2v) is 31.0. The zero-order valence-corrected chi connectivity index (χ0v) is 64.0. The molecule has 2 aliphatic heterocycles. The molecule has 118 heavy (non-hydrogen) atoms. The topological polar surface area (TPSA) is 70.0 Å². The van der Waals surface area contributed by atoms with Gasteiger partial charge in [-0.15, -0.1) is 0 Å². The summed E-state index contributed by atoms with van der Waals surface area (Å²) >= 11 is 0. The van der Waals surface area contributed by atoms with Gasteiger partial charge in [0.15, 0.2) is 11.6 Å². The van der Waals surface area contributed by atoms with Crippen molar-refractivity contribution in [2.45, 2.75) is 10.8 Å². The fourth-order valence-electron chi connectivity index (χ4n) is 18.9. The van der Waals surface area contributed by atoms with E-state index in [2.05, 4.69) is 406 Å². The van der Waals surface area contributed by atoms with Crippen LogP contribution in [-0.2, 0) is 10.8 Å². The molecule has 2 spiro atoms. The summed E-state index contributed by atoms with van der Waals surface area (Å²) in [6.45, 7) is 0. The molecule has 0 bridgehead atoms. The molecule has 6 nitrogen and oxygen atoms in total. The SMILES string of the molecule is c1ccc(-c2ccc(-c3nc(-c4ccc(-c5ccc(-c6ccc7c(c6)Oc6ccc(-c8ccc(-c9cc(-c%10cccc(-c%11ccccc%11)c%10)nc(-c%10ccccc%10)n9)cc8)cc6C76c7ccccc7-c7ccccc76)cc5)cc4)cc(-c4ccc(-c5ccc6c(c5)C5(c7ccccc7O6)c6ccccc6-c6ccccc65)cc4)n3)cc2)cc1. The quantitative estimate of drug-likeness (QED) is 0.121. The van der Waals surface area contributed by atoms with Crippen LogP contribution in [0.1, 0.15) is 44.5 Å². The predicted octanol–water partition coefficient (Wildman–Crippen LogP) is 28.2. The van der Waals surface area contributed by atoms with Gasteiger partial charge >= 0.3 is 0 Å². The summed E-state index contributed by atoms with van der Waals surface area (Å²) in [5, 5.41) is 0. The molecule has 2 aliphatic carbocycles. The summed E-state index contributed by atoms with van der Waals surface area (Å²) in [5.74, 6) is 4.74. The molecule has 19 aromatic rings. The van der Waals surface area contributed by atoms with Crippen LogP contribution in [0.15, 0.2) is 425 Å². The van der Waals surface area contributed by atoms with Gasteiger partial charge in [0.1, 0.15) is 23.0 Å². The Hall–Kier alpha value is -15.5. The molecule has 2 aromatic heterocycles. The summed E-state index contributed by atoms with van der Waals surface area (Å²) < 4.78 is 14.0. The third kappa shape index (κ3) is 11.2. The normalized spacial score (nSPS) is 13.0. The maximum Gasteiger partial charge on any atom is 0.160 e. The third-order valence-electron chi connectivity index (χ3n) is 24.5. The molecule has 0 fully saturated rings. The van der Waals surface area contributed by atoms with Crippen LogP contribution in [0.5, 0.6) is 23.0 Å². The maximum absolute atomic E-state index is 7.23. The van der Waals surface area contributed by atoms with E-state index < -0.39 is 10.8 Å². The largest absolute Gasteiger partial charge is 0.457 e. The maximum atomic E-state index is 7.23. The Bertz CT molecular complexity index is 7100. The summed E-state index contributed by atoms with van der Waals surface area (Å²) in [6.07, 6.45) is 0. The van der Waals surface area contributed by atoms with Gasteiger partial charge in [0, 0.05) is 55.6 Å². The Kier molecular flexibility index (Phi) is 16.0. The highest BCUT2D eigenvalue weighted by Gasteiger charge is 2.53. The van der Waals surface area contributed by atoms with Crippen molar-refractivity contribution in [1.29, 1.82) is 0 Å². The molecule has 23 rings (SSSR count). The van der Waals surface area contributed by atoms with Crippen molar-refractivity contribution in [2.75, 3.05) is 0 Å². The molecule has 4 heterocycles. The van der Waals surface area contributed by atoms with Crippen molar-refractivity contribution in [3.8, 4) is 180 Å². The molecule has 4 aliphatic rings. The monoisotopic (exact) mass is 1500 g/mol. The highest BCUT2D eigenvalue weighted by Crippen LogP contribution is 2.65. The second-order valence-electron chi connectivity index (χ2n) is 31.0. The van der Waals surface area contributed by atoms with E-state index in [1.54, 1.807) is 0 Å². The van der Waals surface area contributed by atoms with Crippen LogP contribution in [-0.4, -0.2) is 19.9 Å². The second kappa shape index (κ2) is 27.7. The number of fused-ring (bicyclic) bond motifs is 18. The van der Waals surface area contributed by atoms with Gasteiger partial charge in [0.25, 0.3) is 0 Å². The van der Waals surface area contributed by atoms with Crippen molar-refractivity contribution >= 4 is 0 Å². The lowest BCUT2D eigenvalue weighted by atomic mass is 9.65. The Balaban J connectivity index is 0.550. The highest BCUT2D eigenvalue weighted by atomic mass is 16.5. The number of ether oxygens (including phenoxy) is 2. The molecule has 0 N–H and O–H groups in total. The molecule has 0 saturated carbocycles. The van der Waals surface area contributed by atoms with E-state index in [0.29, 0.717) is 11.6 Å². The van der Waals surface area contributed by atoms with E-state index in [4.69, 9.17) is 29.4 Å². The van der Waals surface area contributed by atoms with Crippen molar-refractivity contribution in [3.05, 3.63) is 469 Å². The zero-order valence-electron chi connectivity index (χ0n) is 64.0. The minimum Gasteiger partial charge on any atom is -0.457 e. The number of benzene rings is 17. The van der Waals surface area contributed by atoms with Crippen molar-refractivity contribution in [1.82, 2.24) is 19.9 Å². The van der Waals surface area contributed by atoms with E-state index in [9.17, 15) is 0 Å². The Morgan fingerprint density at radius 2 is 0.398 bits per heavy atom. The number of rotatable bonds is 12. The first-order valence-electron chi connectivity index (χ1n) is 40.3. The van der Waals surface area contributed by atoms with E-state index in [1.165, 1.54) is 44.5 Å². The smallest absolute Gasteiger partial charge is 0.160 e. The molecule has 0 atom stereocenters. The molecule has 17 aromatic carbocycles. The lowest BCUT2D eigenvalue weighted by Crippen LogP contribution is -2.32. The molecule has 0 saturated heterocycles. The number of aromatic nitrogens is 4. The van der Waals surface area contributed by atoms with Gasteiger partial charge in [-0.1, -0.05) is 370 Å². The van der Waals surface area contributed by atoms with Crippen LogP contribution >= 0.6 is 0 Å². The van der Waals surface area contributed by atoms with E-state index in [1.807, 2.05) is 18.2 Å². The van der Waals surface area contributed by atoms with Gasteiger partial charge in [0.2, 0.25) is 0 Å². The fraction of sp³-hybridized carbons (Fsp3) is 0.0179. The van der Waals surface area contributed by atoms with E-state index in [0.717, 1.165) is 168 Å². The molecular formula is C112H70N4O2. The molecule has 550 valence electrons. The van der Waals surface area contributed by atoms with Crippen LogP contribution < -0.4 is 9.47 Å². The van der Waals surface area contributed by atoms with Crippen LogP contribution in [0.3, 0.4) is 0 Å². The number of nitrogens with zero attached hydrogens (tertiary/aromatic N) is 4. The molecule has 0 amide bonds. The third-order valence-corrected chi connectivity index (χ3v) is 24.5. The van der Waals surface area contributed by atoms with Crippen LogP contribution in [0, 0.1) is 0 Å². The van der Waals surface area contributed by atoms with Crippen LogP contribution in [0.4, 0.5) is 0 Å². The van der Waals surface area contributed by atoms with Crippen molar-refractivity contribution < 1.29 is 9.47 Å². The fourth-order valence-corrected chi connectivity index (χ4v) is 18.9. The number of hydrogen-bond donors (Lipinski definition) is 0. The highest BCUT2D eigenvalue weighted by molar-refractivity contribution is 5.93. The van der Waals surface area contributed by atoms with Gasteiger partial charge in [-0.3, -0.25) is 0 Å². The Morgan fingerprint density at radius 1 is 0.144 bits per heavy atom. The zero-order chi connectivity index (χ0) is 77.8. The first kappa shape index (κ1) is 68.1. The number of hydrogen-bond acceptors (Lipinski definition) is 6. The Morgan fingerprint density at radius 3 is 0.831 bits per heavy atom. The number of para-hydroxylation sites is 1. The van der Waals surface area contributed by atoms with Crippen LogP contribution in [0.25, 0.3) is 157 Å².